The smallest absolute Gasteiger partial charge is 0.353 e. The van der Waals surface area contributed by atoms with Gasteiger partial charge in [-0.1, -0.05) is 6.58 Å². The van der Waals surface area contributed by atoms with Crippen LogP contribution in [0, 0.1) is 0 Å². The van der Waals surface area contributed by atoms with Crippen LogP contribution in [0.2, 0.25) is 0 Å². The van der Waals surface area contributed by atoms with Crippen molar-refractivity contribution >= 4 is 5.97 Å². The van der Waals surface area contributed by atoms with Gasteiger partial charge in [0.15, 0.2) is 12.6 Å². The normalized spacial score (nSPS) is 44.1. The van der Waals surface area contributed by atoms with Gasteiger partial charge in [0.05, 0.1) is 6.61 Å². The summed E-state index contributed by atoms with van der Waals surface area (Å²) in [4.78, 5) is 11.4. The second-order valence-corrected chi connectivity index (χ2v) is 6.47. The van der Waals surface area contributed by atoms with Crippen LogP contribution in [-0.4, -0.2) is 116 Å². The lowest BCUT2D eigenvalue weighted by Gasteiger charge is -2.44. The monoisotopic (exact) mass is 411 g/mol. The van der Waals surface area contributed by atoms with Crippen molar-refractivity contribution in [2.24, 2.45) is 5.73 Å². The van der Waals surface area contributed by atoms with Crippen LogP contribution in [0.4, 0.5) is 0 Å². The Morgan fingerprint density at radius 1 is 0.857 bits per heavy atom. The zero-order valence-electron chi connectivity index (χ0n) is 14.6. The van der Waals surface area contributed by atoms with E-state index in [1.165, 1.54) is 0 Å². The molecule has 0 radical (unpaired) electrons. The summed E-state index contributed by atoms with van der Waals surface area (Å²) in [7, 11) is 0. The lowest BCUT2D eigenvalue weighted by molar-refractivity contribution is -0.376. The maximum Gasteiger partial charge on any atom is 0.353 e. The molecule has 0 amide bonds. The molecule has 2 aliphatic rings. The number of hydrogen-bond donors (Lipinski definition) is 8. The van der Waals surface area contributed by atoms with Crippen LogP contribution >= 0.6 is 0 Å². The quantitative estimate of drug-likeness (QED) is 0.151. The van der Waals surface area contributed by atoms with Gasteiger partial charge in [-0.3, -0.25) is 0 Å². The average Bonchev–Trinajstić information content (AvgIpc) is 2.67. The molecule has 28 heavy (non-hydrogen) atoms. The lowest BCUT2D eigenvalue weighted by atomic mass is 9.98. The van der Waals surface area contributed by atoms with Gasteiger partial charge in [-0.25, -0.2) is 4.79 Å². The van der Waals surface area contributed by atoms with Crippen LogP contribution in [0.25, 0.3) is 0 Å². The van der Waals surface area contributed by atoms with E-state index >= 15 is 0 Å². The summed E-state index contributed by atoms with van der Waals surface area (Å²) in [6, 6.07) is 0. The minimum Gasteiger partial charge on any atom is -0.458 e. The lowest BCUT2D eigenvalue weighted by Crippen LogP contribution is -2.63. The molecule has 10 atom stereocenters. The summed E-state index contributed by atoms with van der Waals surface area (Å²) in [5.41, 5.74) is 4.75. The number of aliphatic hydroxyl groups excluding tert-OH is 7. The van der Waals surface area contributed by atoms with Gasteiger partial charge in [0.1, 0.15) is 61.1 Å². The molecule has 2 fully saturated rings. The van der Waals surface area contributed by atoms with E-state index in [-0.39, 0.29) is 0 Å². The molecule has 0 aromatic rings. The van der Waals surface area contributed by atoms with Crippen molar-refractivity contribution in [1.82, 2.24) is 0 Å². The Bertz CT molecular complexity index is 559. The third-order valence-electron chi connectivity index (χ3n) is 4.43. The first-order valence-corrected chi connectivity index (χ1v) is 8.35. The summed E-state index contributed by atoms with van der Waals surface area (Å²) in [6.07, 6.45) is -16.4. The number of ether oxygens (including phenoxy) is 4. The fourth-order valence-electron chi connectivity index (χ4n) is 2.73. The van der Waals surface area contributed by atoms with Gasteiger partial charge in [0.25, 0.3) is 0 Å². The molecule has 0 saturated carbocycles. The Morgan fingerprint density at radius 2 is 1.32 bits per heavy atom. The first-order chi connectivity index (χ1) is 13.1. The molecule has 13 heteroatoms. The zero-order chi connectivity index (χ0) is 21.2. The molecule has 2 aliphatic heterocycles. The fraction of sp³-hybridized carbons (Fsp3) is 0.800. The molecule has 2 rings (SSSR count). The van der Waals surface area contributed by atoms with E-state index in [0.717, 1.165) is 0 Å². The highest BCUT2D eigenvalue weighted by atomic mass is 16.8. The molecular weight excluding hydrogens is 386 g/mol. The van der Waals surface area contributed by atoms with Gasteiger partial charge in [-0.05, 0) is 0 Å². The molecule has 0 spiro atoms. The highest BCUT2D eigenvalue weighted by molar-refractivity contribution is 5.86. The Labute approximate surface area is 159 Å². The molecule has 0 aromatic heterocycles. The van der Waals surface area contributed by atoms with Crippen LogP contribution in [0.1, 0.15) is 0 Å². The molecule has 162 valence electrons. The number of nitrogens with two attached hydrogens (primary N) is 1. The maximum atomic E-state index is 11.4. The first kappa shape index (κ1) is 22.9. The van der Waals surface area contributed by atoms with Crippen LogP contribution < -0.4 is 5.73 Å². The van der Waals surface area contributed by atoms with Gasteiger partial charge in [-0.15, -0.1) is 0 Å². The summed E-state index contributed by atoms with van der Waals surface area (Å²) in [5, 5.41) is 68.7. The van der Waals surface area contributed by atoms with Crippen molar-refractivity contribution in [1.29, 1.82) is 0 Å². The number of hydrogen-bond acceptors (Lipinski definition) is 13. The Kier molecular flexibility index (Phi) is 7.69. The molecule has 9 N–H and O–H groups in total. The molecule has 0 aliphatic carbocycles. The van der Waals surface area contributed by atoms with E-state index in [1.54, 1.807) is 0 Å². The van der Waals surface area contributed by atoms with Crippen molar-refractivity contribution in [3.05, 3.63) is 12.3 Å². The number of carbonyl (C=O) groups is 1. The van der Waals surface area contributed by atoms with E-state index in [9.17, 15) is 40.5 Å². The van der Waals surface area contributed by atoms with Crippen molar-refractivity contribution < 1.29 is 59.5 Å². The highest BCUT2D eigenvalue weighted by Gasteiger charge is 2.49. The summed E-state index contributed by atoms with van der Waals surface area (Å²) in [5.74, 6) is -0.984. The number of carbonyl (C=O) groups excluding carboxylic acids is 1. The van der Waals surface area contributed by atoms with Crippen molar-refractivity contribution in [2.75, 3.05) is 13.2 Å². The first-order valence-electron chi connectivity index (χ1n) is 8.35. The van der Waals surface area contributed by atoms with E-state index < -0.39 is 86.3 Å². The van der Waals surface area contributed by atoms with E-state index in [2.05, 4.69) is 6.58 Å². The van der Waals surface area contributed by atoms with Crippen molar-refractivity contribution in [2.45, 2.75) is 61.4 Å². The molecule has 0 bridgehead atoms. The van der Waals surface area contributed by atoms with E-state index in [1.807, 2.05) is 0 Å². The third kappa shape index (κ3) is 4.77. The van der Waals surface area contributed by atoms with Crippen molar-refractivity contribution in [3.63, 3.8) is 0 Å². The van der Waals surface area contributed by atoms with Gasteiger partial charge in [0.2, 0.25) is 0 Å². The van der Waals surface area contributed by atoms with Gasteiger partial charge in [0, 0.05) is 0 Å². The molecule has 2 heterocycles. The Morgan fingerprint density at radius 3 is 1.79 bits per heavy atom. The maximum absolute atomic E-state index is 11.4. The number of esters is 1. The van der Waals surface area contributed by atoms with Crippen molar-refractivity contribution in [3.8, 4) is 0 Å². The van der Waals surface area contributed by atoms with Crippen LogP contribution in [0.3, 0.4) is 0 Å². The predicted octanol–water partition coefficient (Wildman–Crippen LogP) is -5.37. The van der Waals surface area contributed by atoms with E-state index in [4.69, 9.17) is 24.7 Å². The van der Waals surface area contributed by atoms with Gasteiger partial charge >= 0.3 is 5.97 Å². The predicted molar refractivity (Wildman–Crippen MR) is 85.8 cm³/mol. The second kappa shape index (κ2) is 9.41. The van der Waals surface area contributed by atoms with Crippen LogP contribution in [0.15, 0.2) is 12.3 Å². The molecule has 2 saturated heterocycles. The Balaban J connectivity index is 2.06. The number of rotatable bonds is 6. The minimum atomic E-state index is -1.81. The minimum absolute atomic E-state index is 0.403. The zero-order valence-corrected chi connectivity index (χ0v) is 14.6. The molecule has 0 aromatic carbocycles. The van der Waals surface area contributed by atoms with Crippen LogP contribution in [0.5, 0.6) is 0 Å². The van der Waals surface area contributed by atoms with E-state index in [0.29, 0.717) is 0 Å². The third-order valence-corrected chi connectivity index (χ3v) is 4.43. The number of aliphatic hydroxyl groups is 7. The molecule has 0 unspecified atom stereocenters. The standard InChI is InChI=1S/C15H25NO12/c1-4(16)13(24)25-3-6-8(19)10(21)12(23)15(27-6)28-14-11(22)9(20)7(18)5(2-17)26-14/h5-12,14-15,17-23H,1-3,16H2/t5-,6-,7-,8-,9+,10+,11-,12-,14-,15-/m1/s1. The summed E-state index contributed by atoms with van der Waals surface area (Å²) >= 11 is 0. The van der Waals surface area contributed by atoms with Gasteiger partial charge in [-0.2, -0.15) is 0 Å². The largest absolute Gasteiger partial charge is 0.458 e. The van der Waals surface area contributed by atoms with Crippen LogP contribution in [-0.2, 0) is 23.7 Å². The molecule has 13 nitrogen and oxygen atoms in total. The average molecular weight is 411 g/mol. The SMILES string of the molecule is C=C(N)C(=O)OC[C@H]1O[C@H](O[C@H]2O[C@H](CO)[C@@H](O)[C@H](O)[C@H]2O)[C@H](O)[C@@H](O)[C@@H]1O. The summed E-state index contributed by atoms with van der Waals surface area (Å²) in [6.45, 7) is 1.89. The molecular formula is C15H25NO12. The topological polar surface area (TPSA) is 222 Å². The Hall–Kier alpha value is -1.39. The van der Waals surface area contributed by atoms with Gasteiger partial charge < -0.3 is 60.4 Å². The highest BCUT2D eigenvalue weighted by Crippen LogP contribution is 2.28. The fourth-order valence-corrected chi connectivity index (χ4v) is 2.73. The second-order valence-electron chi connectivity index (χ2n) is 6.47. The summed E-state index contributed by atoms with van der Waals surface area (Å²) < 4.78 is 20.4.